The summed E-state index contributed by atoms with van der Waals surface area (Å²) in [4.78, 5) is 26.9. The van der Waals surface area contributed by atoms with Crippen LogP contribution >= 0.6 is 22.6 Å². The molecule has 2 amide bonds. The van der Waals surface area contributed by atoms with E-state index in [9.17, 15) is 18.0 Å². The first-order valence-corrected chi connectivity index (χ1v) is 13.8. The van der Waals surface area contributed by atoms with Gasteiger partial charge in [-0.3, -0.25) is 13.9 Å². The molecule has 0 unspecified atom stereocenters. The molecule has 9 heteroatoms. The Hall–Kier alpha value is -2.92. The summed E-state index contributed by atoms with van der Waals surface area (Å²) in [5, 5.41) is 2.86. The van der Waals surface area contributed by atoms with E-state index < -0.39 is 15.9 Å². The fourth-order valence-electron chi connectivity index (χ4n) is 3.98. The monoisotopic (exact) mass is 603 g/mol. The van der Waals surface area contributed by atoms with Crippen LogP contribution in [0.15, 0.2) is 83.8 Å². The Morgan fingerprint density at radius 2 is 1.60 bits per heavy atom. The van der Waals surface area contributed by atoms with Crippen LogP contribution in [-0.2, 0) is 32.7 Å². The SMILES string of the molecule is O=C(CN(c1ccc(I)cc1)S(=O)(=O)c1ccccc1)NCc1ccccc1CN1CCCC1=O. The Labute approximate surface area is 219 Å². The number of benzene rings is 3. The molecule has 1 fully saturated rings. The average molecular weight is 603 g/mol. The summed E-state index contributed by atoms with van der Waals surface area (Å²) in [5.74, 6) is -0.279. The van der Waals surface area contributed by atoms with Crippen molar-refractivity contribution in [3.8, 4) is 0 Å². The minimum atomic E-state index is -3.95. The lowest BCUT2D eigenvalue weighted by molar-refractivity contribution is -0.128. The van der Waals surface area contributed by atoms with Crippen LogP contribution in [0.2, 0.25) is 0 Å². The maximum absolute atomic E-state index is 13.4. The summed E-state index contributed by atoms with van der Waals surface area (Å²) in [6, 6.07) is 22.7. The van der Waals surface area contributed by atoms with E-state index in [2.05, 4.69) is 27.9 Å². The third-order valence-corrected chi connectivity index (χ3v) is 8.37. The van der Waals surface area contributed by atoms with E-state index in [1.54, 1.807) is 42.5 Å². The Morgan fingerprint density at radius 3 is 2.26 bits per heavy atom. The summed E-state index contributed by atoms with van der Waals surface area (Å²) in [5.41, 5.74) is 2.28. The smallest absolute Gasteiger partial charge is 0.264 e. The number of sulfonamides is 1. The van der Waals surface area contributed by atoms with Crippen molar-refractivity contribution in [1.29, 1.82) is 0 Å². The normalized spacial score (nSPS) is 13.6. The summed E-state index contributed by atoms with van der Waals surface area (Å²) in [6.45, 7) is 1.12. The van der Waals surface area contributed by atoms with Gasteiger partial charge in [-0.15, -0.1) is 0 Å². The Bertz CT molecular complexity index is 1300. The standard InChI is InChI=1S/C26H26IN3O4S/c27-22-12-14-23(15-13-22)30(35(33,34)24-9-2-1-3-10-24)19-25(31)28-17-20-7-4-5-8-21(20)18-29-16-6-11-26(29)32/h1-5,7-10,12-15H,6,11,16-19H2,(H,28,31). The molecule has 0 radical (unpaired) electrons. The summed E-state index contributed by atoms with van der Waals surface area (Å²) in [6.07, 6.45) is 1.44. The van der Waals surface area contributed by atoms with Gasteiger partial charge in [0.25, 0.3) is 10.0 Å². The van der Waals surface area contributed by atoms with Gasteiger partial charge in [0, 0.05) is 29.6 Å². The summed E-state index contributed by atoms with van der Waals surface area (Å²) in [7, 11) is -3.95. The zero-order valence-corrected chi connectivity index (χ0v) is 22.0. The molecule has 35 heavy (non-hydrogen) atoms. The predicted octanol–water partition coefficient (Wildman–Crippen LogP) is 3.93. The molecule has 1 aliphatic heterocycles. The molecule has 1 saturated heterocycles. The second-order valence-corrected chi connectivity index (χ2v) is 11.4. The molecule has 4 rings (SSSR count). The molecule has 182 valence electrons. The number of anilines is 1. The van der Waals surface area contributed by atoms with Gasteiger partial charge in [0.15, 0.2) is 0 Å². The number of likely N-dealkylation sites (tertiary alicyclic amines) is 1. The largest absolute Gasteiger partial charge is 0.350 e. The predicted molar refractivity (Wildman–Crippen MR) is 143 cm³/mol. The maximum Gasteiger partial charge on any atom is 0.264 e. The van der Waals surface area contributed by atoms with Crippen LogP contribution in [0.5, 0.6) is 0 Å². The highest BCUT2D eigenvalue weighted by Gasteiger charge is 2.27. The van der Waals surface area contributed by atoms with Crippen molar-refractivity contribution in [1.82, 2.24) is 10.2 Å². The van der Waals surface area contributed by atoms with Gasteiger partial charge in [0.05, 0.1) is 10.6 Å². The van der Waals surface area contributed by atoms with Gasteiger partial charge in [0.2, 0.25) is 11.8 Å². The van der Waals surface area contributed by atoms with Gasteiger partial charge < -0.3 is 10.2 Å². The molecule has 0 spiro atoms. The molecule has 3 aromatic rings. The van der Waals surface area contributed by atoms with E-state index in [1.165, 1.54) is 12.1 Å². The van der Waals surface area contributed by atoms with Gasteiger partial charge in [-0.1, -0.05) is 42.5 Å². The number of nitrogens with zero attached hydrogens (tertiary/aromatic N) is 2. The Kier molecular flexibility index (Phi) is 8.07. The molecule has 1 heterocycles. The van der Waals surface area contributed by atoms with Crippen molar-refractivity contribution >= 4 is 50.1 Å². The zero-order chi connectivity index (χ0) is 24.8. The van der Waals surface area contributed by atoms with E-state index in [0.717, 1.165) is 32.0 Å². The quantitative estimate of drug-likeness (QED) is 0.376. The molecular formula is C26H26IN3O4S. The van der Waals surface area contributed by atoms with Crippen molar-refractivity contribution in [3.05, 3.63) is 93.6 Å². The van der Waals surface area contributed by atoms with Crippen molar-refractivity contribution < 1.29 is 18.0 Å². The molecule has 0 aromatic heterocycles. The van der Waals surface area contributed by atoms with Crippen LogP contribution in [0.3, 0.4) is 0 Å². The first-order valence-electron chi connectivity index (χ1n) is 11.3. The molecule has 3 aromatic carbocycles. The molecule has 0 bridgehead atoms. The van der Waals surface area contributed by atoms with E-state index in [0.29, 0.717) is 18.7 Å². The third kappa shape index (κ3) is 6.21. The fourth-order valence-corrected chi connectivity index (χ4v) is 5.78. The van der Waals surface area contributed by atoms with Crippen LogP contribution in [0.1, 0.15) is 24.0 Å². The Balaban J connectivity index is 1.50. The highest BCUT2D eigenvalue weighted by Crippen LogP contribution is 2.24. The van der Waals surface area contributed by atoms with Crippen molar-refractivity contribution in [2.24, 2.45) is 0 Å². The van der Waals surface area contributed by atoms with Gasteiger partial charge in [-0.2, -0.15) is 0 Å². The molecule has 1 aliphatic rings. The first kappa shape index (κ1) is 25.2. The van der Waals surface area contributed by atoms with Crippen LogP contribution in [0, 0.1) is 3.57 Å². The van der Waals surface area contributed by atoms with Gasteiger partial charge in [-0.05, 0) is 76.5 Å². The van der Waals surface area contributed by atoms with Crippen LogP contribution in [-0.4, -0.2) is 38.2 Å². The lowest BCUT2D eigenvalue weighted by atomic mass is 10.1. The minimum Gasteiger partial charge on any atom is -0.350 e. The van der Waals surface area contributed by atoms with Crippen LogP contribution in [0.25, 0.3) is 0 Å². The topological polar surface area (TPSA) is 86.8 Å². The highest BCUT2D eigenvalue weighted by atomic mass is 127. The summed E-state index contributed by atoms with van der Waals surface area (Å²) >= 11 is 2.15. The number of nitrogens with one attached hydrogen (secondary N) is 1. The number of carbonyl (C=O) groups excluding carboxylic acids is 2. The molecule has 1 N–H and O–H groups in total. The molecule has 0 saturated carbocycles. The minimum absolute atomic E-state index is 0.118. The molecule has 0 aliphatic carbocycles. The Morgan fingerprint density at radius 1 is 0.943 bits per heavy atom. The van der Waals surface area contributed by atoms with Crippen LogP contribution < -0.4 is 9.62 Å². The molecular weight excluding hydrogens is 577 g/mol. The van der Waals surface area contributed by atoms with Gasteiger partial charge in [0.1, 0.15) is 6.54 Å². The van der Waals surface area contributed by atoms with E-state index in [-0.39, 0.29) is 23.9 Å². The number of halogens is 1. The fraction of sp³-hybridized carbons (Fsp3) is 0.231. The second-order valence-electron chi connectivity index (χ2n) is 8.27. The van der Waals surface area contributed by atoms with Gasteiger partial charge in [-0.25, -0.2) is 8.42 Å². The lowest BCUT2D eigenvalue weighted by Crippen LogP contribution is -2.40. The average Bonchev–Trinajstić information content (AvgIpc) is 3.27. The number of carbonyl (C=O) groups is 2. The lowest BCUT2D eigenvalue weighted by Gasteiger charge is -2.24. The van der Waals surface area contributed by atoms with Crippen molar-refractivity contribution in [2.45, 2.75) is 30.8 Å². The second kappa shape index (κ2) is 11.2. The van der Waals surface area contributed by atoms with E-state index in [1.807, 2.05) is 29.2 Å². The molecule has 0 atom stereocenters. The number of hydrogen-bond acceptors (Lipinski definition) is 4. The van der Waals surface area contributed by atoms with E-state index >= 15 is 0 Å². The first-order chi connectivity index (χ1) is 16.8. The van der Waals surface area contributed by atoms with Crippen molar-refractivity contribution in [2.75, 3.05) is 17.4 Å². The summed E-state index contributed by atoms with van der Waals surface area (Å²) < 4.78 is 28.9. The highest BCUT2D eigenvalue weighted by molar-refractivity contribution is 14.1. The van der Waals surface area contributed by atoms with E-state index in [4.69, 9.17) is 0 Å². The van der Waals surface area contributed by atoms with Crippen LogP contribution in [0.4, 0.5) is 5.69 Å². The number of amides is 2. The maximum atomic E-state index is 13.4. The number of rotatable bonds is 9. The third-order valence-electron chi connectivity index (χ3n) is 5.86. The van der Waals surface area contributed by atoms with Gasteiger partial charge >= 0.3 is 0 Å². The van der Waals surface area contributed by atoms with Crippen molar-refractivity contribution in [3.63, 3.8) is 0 Å². The number of hydrogen-bond donors (Lipinski definition) is 1. The molecule has 7 nitrogen and oxygen atoms in total. The zero-order valence-electron chi connectivity index (χ0n) is 19.1.